The number of hydrogen-bond donors (Lipinski definition) is 1. The average Bonchev–Trinajstić information content (AvgIpc) is 2.66. The molecule has 2 nitrogen and oxygen atoms in total. The van der Waals surface area contributed by atoms with Gasteiger partial charge in [0.2, 0.25) is 0 Å². The van der Waals surface area contributed by atoms with Gasteiger partial charge in [0.25, 0.3) is 0 Å². The molecule has 0 spiro atoms. The van der Waals surface area contributed by atoms with Gasteiger partial charge in [-0.3, -0.25) is 0 Å². The third kappa shape index (κ3) is 2.03. The summed E-state index contributed by atoms with van der Waals surface area (Å²) in [7, 11) is 0. The Kier molecular flexibility index (Phi) is 2.75. The SMILES string of the molecule is NCc1nc(-c2ccc(F)cc2F)cs1. The Morgan fingerprint density at radius 1 is 1.33 bits per heavy atom. The van der Waals surface area contributed by atoms with Gasteiger partial charge < -0.3 is 5.73 Å². The molecule has 0 radical (unpaired) electrons. The number of aromatic nitrogens is 1. The van der Waals surface area contributed by atoms with Gasteiger partial charge >= 0.3 is 0 Å². The third-order valence-corrected chi connectivity index (χ3v) is 2.80. The second kappa shape index (κ2) is 4.04. The molecule has 0 saturated heterocycles. The van der Waals surface area contributed by atoms with Crippen LogP contribution in [0.4, 0.5) is 8.78 Å². The van der Waals surface area contributed by atoms with Gasteiger partial charge in [0.1, 0.15) is 16.6 Å². The Morgan fingerprint density at radius 3 is 2.73 bits per heavy atom. The number of hydrogen-bond acceptors (Lipinski definition) is 3. The summed E-state index contributed by atoms with van der Waals surface area (Å²) in [6.07, 6.45) is 0. The van der Waals surface area contributed by atoms with Gasteiger partial charge in [-0.05, 0) is 12.1 Å². The van der Waals surface area contributed by atoms with Crippen molar-refractivity contribution in [3.05, 3.63) is 40.2 Å². The number of nitrogens with two attached hydrogens (primary N) is 1. The molecule has 0 atom stereocenters. The fourth-order valence-electron chi connectivity index (χ4n) is 1.23. The van der Waals surface area contributed by atoms with E-state index in [9.17, 15) is 8.78 Å². The third-order valence-electron chi connectivity index (χ3n) is 1.93. The molecule has 0 aliphatic carbocycles. The molecule has 0 bridgehead atoms. The molecule has 1 aromatic carbocycles. The van der Waals surface area contributed by atoms with E-state index < -0.39 is 11.6 Å². The molecule has 0 aliphatic heterocycles. The zero-order valence-electron chi connectivity index (χ0n) is 7.71. The van der Waals surface area contributed by atoms with Gasteiger partial charge in [-0.2, -0.15) is 0 Å². The van der Waals surface area contributed by atoms with Crippen molar-refractivity contribution in [3.63, 3.8) is 0 Å². The Bertz CT molecular complexity index is 482. The molecule has 1 aromatic heterocycles. The lowest BCUT2D eigenvalue weighted by Gasteiger charge is -1.98. The minimum Gasteiger partial charge on any atom is -0.325 e. The smallest absolute Gasteiger partial charge is 0.135 e. The van der Waals surface area contributed by atoms with E-state index in [0.29, 0.717) is 17.8 Å². The molecular weight excluding hydrogens is 218 g/mol. The number of nitrogens with zero attached hydrogens (tertiary/aromatic N) is 1. The Morgan fingerprint density at radius 2 is 2.13 bits per heavy atom. The Labute approximate surface area is 89.4 Å². The number of benzene rings is 1. The molecule has 5 heteroatoms. The number of thiazole rings is 1. The van der Waals surface area contributed by atoms with E-state index in [1.807, 2.05) is 0 Å². The van der Waals surface area contributed by atoms with E-state index in [0.717, 1.165) is 11.1 Å². The van der Waals surface area contributed by atoms with Crippen molar-refractivity contribution in [2.75, 3.05) is 0 Å². The zero-order chi connectivity index (χ0) is 10.8. The van der Waals surface area contributed by atoms with Crippen molar-refractivity contribution >= 4 is 11.3 Å². The monoisotopic (exact) mass is 226 g/mol. The Balaban J connectivity index is 2.44. The molecule has 0 amide bonds. The standard InChI is InChI=1S/C10H8F2N2S/c11-6-1-2-7(8(12)3-6)9-5-15-10(4-13)14-9/h1-3,5H,4,13H2. The van der Waals surface area contributed by atoms with Crippen molar-refractivity contribution < 1.29 is 8.78 Å². The average molecular weight is 226 g/mol. The van der Waals surface area contributed by atoms with E-state index in [-0.39, 0.29) is 0 Å². The highest BCUT2D eigenvalue weighted by Gasteiger charge is 2.09. The lowest BCUT2D eigenvalue weighted by Crippen LogP contribution is -1.95. The van der Waals surface area contributed by atoms with Gasteiger partial charge in [0.15, 0.2) is 0 Å². The molecule has 0 aliphatic rings. The molecule has 15 heavy (non-hydrogen) atoms. The van der Waals surface area contributed by atoms with Crippen LogP contribution in [0.3, 0.4) is 0 Å². The summed E-state index contributed by atoms with van der Waals surface area (Å²) in [5.41, 5.74) is 6.19. The summed E-state index contributed by atoms with van der Waals surface area (Å²) in [4.78, 5) is 4.12. The fraction of sp³-hybridized carbons (Fsp3) is 0.100. The van der Waals surface area contributed by atoms with Crippen LogP contribution < -0.4 is 5.73 Å². The Hall–Kier alpha value is -1.33. The maximum Gasteiger partial charge on any atom is 0.135 e. The maximum atomic E-state index is 13.3. The van der Waals surface area contributed by atoms with Crippen LogP contribution in [0.5, 0.6) is 0 Å². The summed E-state index contributed by atoms with van der Waals surface area (Å²) in [5, 5.41) is 2.44. The first kappa shape index (κ1) is 10.2. The van der Waals surface area contributed by atoms with Gasteiger partial charge in [-0.15, -0.1) is 11.3 Å². The van der Waals surface area contributed by atoms with Gasteiger partial charge in [-0.1, -0.05) is 0 Å². The second-order valence-corrected chi connectivity index (χ2v) is 3.90. The predicted octanol–water partition coefficient (Wildman–Crippen LogP) is 2.55. The van der Waals surface area contributed by atoms with Crippen LogP contribution in [0, 0.1) is 11.6 Å². The normalized spacial score (nSPS) is 10.6. The maximum absolute atomic E-state index is 13.3. The lowest BCUT2D eigenvalue weighted by molar-refractivity contribution is 0.585. The molecule has 78 valence electrons. The topological polar surface area (TPSA) is 38.9 Å². The summed E-state index contributed by atoms with van der Waals surface area (Å²) >= 11 is 1.36. The lowest BCUT2D eigenvalue weighted by atomic mass is 10.1. The predicted molar refractivity (Wildman–Crippen MR) is 55.4 cm³/mol. The second-order valence-electron chi connectivity index (χ2n) is 2.95. The highest BCUT2D eigenvalue weighted by molar-refractivity contribution is 7.09. The van der Waals surface area contributed by atoms with Crippen LogP contribution in [-0.2, 0) is 6.54 Å². The molecular formula is C10H8F2N2S. The fourth-order valence-corrected chi connectivity index (χ4v) is 1.90. The molecule has 0 saturated carbocycles. The van der Waals surface area contributed by atoms with Crippen LogP contribution in [-0.4, -0.2) is 4.98 Å². The van der Waals surface area contributed by atoms with Crippen LogP contribution in [0.1, 0.15) is 5.01 Å². The van der Waals surface area contributed by atoms with Gasteiger partial charge in [-0.25, -0.2) is 13.8 Å². The van der Waals surface area contributed by atoms with E-state index >= 15 is 0 Å². The highest BCUT2D eigenvalue weighted by atomic mass is 32.1. The van der Waals surface area contributed by atoms with Crippen molar-refractivity contribution in [2.45, 2.75) is 6.54 Å². The molecule has 1 heterocycles. The first-order chi connectivity index (χ1) is 7.20. The first-order valence-electron chi connectivity index (χ1n) is 4.30. The van der Waals surface area contributed by atoms with Crippen LogP contribution >= 0.6 is 11.3 Å². The van der Waals surface area contributed by atoms with E-state index in [1.54, 1.807) is 5.38 Å². The summed E-state index contributed by atoms with van der Waals surface area (Å²) in [5.74, 6) is -1.20. The molecule has 2 rings (SSSR count). The first-order valence-corrected chi connectivity index (χ1v) is 5.18. The van der Waals surface area contributed by atoms with Crippen molar-refractivity contribution in [2.24, 2.45) is 5.73 Å². The van der Waals surface area contributed by atoms with Crippen molar-refractivity contribution in [3.8, 4) is 11.3 Å². The van der Waals surface area contributed by atoms with Crippen molar-refractivity contribution in [1.82, 2.24) is 4.98 Å². The van der Waals surface area contributed by atoms with Crippen molar-refractivity contribution in [1.29, 1.82) is 0 Å². The number of rotatable bonds is 2. The van der Waals surface area contributed by atoms with Crippen LogP contribution in [0.2, 0.25) is 0 Å². The summed E-state index contributed by atoms with van der Waals surface area (Å²) in [6, 6.07) is 3.43. The van der Waals surface area contributed by atoms with E-state index in [2.05, 4.69) is 4.98 Å². The highest BCUT2D eigenvalue weighted by Crippen LogP contribution is 2.24. The molecule has 2 N–H and O–H groups in total. The van der Waals surface area contributed by atoms with Crippen LogP contribution in [0.15, 0.2) is 23.6 Å². The van der Waals surface area contributed by atoms with Gasteiger partial charge in [0.05, 0.1) is 5.69 Å². The quantitative estimate of drug-likeness (QED) is 0.854. The zero-order valence-corrected chi connectivity index (χ0v) is 8.52. The van der Waals surface area contributed by atoms with Crippen LogP contribution in [0.25, 0.3) is 11.3 Å². The van der Waals surface area contributed by atoms with E-state index in [1.165, 1.54) is 23.5 Å². The number of halogens is 2. The summed E-state index contributed by atoms with van der Waals surface area (Å²) < 4.78 is 26.0. The summed E-state index contributed by atoms with van der Waals surface area (Å²) in [6.45, 7) is 0.327. The minimum atomic E-state index is -0.608. The molecule has 2 aromatic rings. The van der Waals surface area contributed by atoms with E-state index in [4.69, 9.17) is 5.73 Å². The van der Waals surface area contributed by atoms with Gasteiger partial charge in [0, 0.05) is 23.6 Å². The molecule has 0 unspecified atom stereocenters. The largest absolute Gasteiger partial charge is 0.325 e. The molecule has 0 fully saturated rings. The minimum absolute atomic E-state index is 0.298.